The minimum absolute atomic E-state index is 0.00394. The van der Waals surface area contributed by atoms with Gasteiger partial charge in [-0.2, -0.15) is 0 Å². The van der Waals surface area contributed by atoms with Gasteiger partial charge in [0.05, 0.1) is 35.4 Å². The number of rotatable bonds is 10. The predicted molar refractivity (Wildman–Crippen MR) is 171 cm³/mol. The number of nitrogens with zero attached hydrogens (tertiary/aromatic N) is 4. The number of ether oxygens (including phenoxy) is 1. The van der Waals surface area contributed by atoms with Gasteiger partial charge in [0, 0.05) is 35.8 Å². The maximum atomic E-state index is 12.8. The fourth-order valence-corrected chi connectivity index (χ4v) is 6.20. The van der Waals surface area contributed by atoms with Crippen molar-refractivity contribution in [1.29, 1.82) is 0 Å². The molecular weight excluding hydrogens is 570 g/mol. The summed E-state index contributed by atoms with van der Waals surface area (Å²) in [5.74, 6) is 1.75. The van der Waals surface area contributed by atoms with Gasteiger partial charge in [-0.05, 0) is 80.3 Å². The summed E-state index contributed by atoms with van der Waals surface area (Å²) in [6.45, 7) is 4.74. The first-order chi connectivity index (χ1) is 20.5. The van der Waals surface area contributed by atoms with E-state index in [1.54, 1.807) is 19.2 Å². The Labute approximate surface area is 255 Å². The number of nitrogens with one attached hydrogen (secondary N) is 3. The van der Waals surface area contributed by atoms with E-state index >= 15 is 0 Å². The topological polar surface area (TPSA) is 94.6 Å². The first kappa shape index (κ1) is 28.5. The molecule has 0 unspecified atom stereocenters. The molecule has 2 saturated heterocycles. The molecule has 4 aromatic rings. The Hall–Kier alpha value is -3.57. The molecule has 6 rings (SSSR count). The Bertz CT molecular complexity index is 1560. The summed E-state index contributed by atoms with van der Waals surface area (Å²) in [6, 6.07) is 21.4. The zero-order valence-electron chi connectivity index (χ0n) is 23.5. The molecule has 1 amide bonds. The van der Waals surface area contributed by atoms with Gasteiger partial charge in [0.25, 0.3) is 0 Å². The molecule has 0 radical (unpaired) electrons. The van der Waals surface area contributed by atoms with Crippen LogP contribution in [0.2, 0.25) is 5.02 Å². The van der Waals surface area contributed by atoms with E-state index in [9.17, 15) is 4.79 Å². The number of hydrogen-bond donors (Lipinski definition) is 3. The standard InChI is InChI=1S/C31H34ClN7O2S/c1-41-23-12-13-25(32)28(17-23)36-30-31(35-27-11-4-3-10-26(27)34-30)37-42-24-9-7-8-21(16-24)33-29(40)20-38-18-22(19-38)39-14-5-2-6-15-39/h3-4,7-13,16-17,22H,2,5-6,14-15,18-20H2,1H3,(H,33,40)(H,34,36)(H,35,37). The fourth-order valence-electron chi connectivity index (χ4n) is 5.35. The van der Waals surface area contributed by atoms with Gasteiger partial charge < -0.3 is 20.1 Å². The van der Waals surface area contributed by atoms with Crippen LogP contribution >= 0.6 is 23.5 Å². The lowest BCUT2D eigenvalue weighted by Gasteiger charge is -2.46. The van der Waals surface area contributed by atoms with Crippen LogP contribution in [0, 0.1) is 0 Å². The van der Waals surface area contributed by atoms with Gasteiger partial charge in [-0.1, -0.05) is 36.2 Å². The van der Waals surface area contributed by atoms with Gasteiger partial charge in [-0.15, -0.1) is 0 Å². The predicted octanol–water partition coefficient (Wildman–Crippen LogP) is 6.26. The molecule has 42 heavy (non-hydrogen) atoms. The van der Waals surface area contributed by atoms with Crippen molar-refractivity contribution >= 4 is 63.5 Å². The normalized spacial score (nSPS) is 16.1. The molecule has 2 aliphatic rings. The molecule has 0 atom stereocenters. The SMILES string of the molecule is COc1ccc(Cl)c(Nc2nc3ccccc3nc2NSc2cccc(NC(=O)CN3CC(N4CCCCC4)C3)c2)c1. The van der Waals surface area contributed by atoms with Crippen molar-refractivity contribution in [3.8, 4) is 5.75 Å². The van der Waals surface area contributed by atoms with Crippen LogP contribution in [-0.2, 0) is 4.79 Å². The summed E-state index contributed by atoms with van der Waals surface area (Å²) in [5, 5.41) is 6.90. The summed E-state index contributed by atoms with van der Waals surface area (Å²) in [5.41, 5.74) is 2.93. The zero-order valence-corrected chi connectivity index (χ0v) is 25.0. The average molecular weight is 604 g/mol. The number of aromatic nitrogens is 2. The highest BCUT2D eigenvalue weighted by atomic mass is 35.5. The molecule has 9 nitrogen and oxygen atoms in total. The number of likely N-dealkylation sites (tertiary alicyclic amines) is 2. The summed E-state index contributed by atoms with van der Waals surface area (Å²) in [6.07, 6.45) is 3.93. The van der Waals surface area contributed by atoms with Crippen LogP contribution < -0.4 is 20.1 Å². The highest BCUT2D eigenvalue weighted by Crippen LogP contribution is 2.34. The number of carbonyl (C=O) groups excluding carboxylic acids is 1. The second-order valence-electron chi connectivity index (χ2n) is 10.6. The number of piperidine rings is 1. The number of halogens is 1. The van der Waals surface area contributed by atoms with Crippen LogP contribution in [-0.4, -0.2) is 71.6 Å². The average Bonchev–Trinajstić information content (AvgIpc) is 2.99. The van der Waals surface area contributed by atoms with Crippen molar-refractivity contribution in [2.24, 2.45) is 0 Å². The van der Waals surface area contributed by atoms with Crippen molar-refractivity contribution in [3.05, 3.63) is 71.8 Å². The molecule has 2 aliphatic heterocycles. The molecule has 3 aromatic carbocycles. The Kier molecular flexibility index (Phi) is 8.95. The van der Waals surface area contributed by atoms with Gasteiger partial charge in [0.15, 0.2) is 11.6 Å². The minimum atomic E-state index is 0.00394. The number of para-hydroxylation sites is 2. The number of hydrogen-bond acceptors (Lipinski definition) is 9. The van der Waals surface area contributed by atoms with E-state index in [0.29, 0.717) is 40.7 Å². The van der Waals surface area contributed by atoms with Crippen molar-refractivity contribution in [2.75, 3.05) is 55.2 Å². The van der Waals surface area contributed by atoms with Crippen molar-refractivity contribution < 1.29 is 9.53 Å². The first-order valence-electron chi connectivity index (χ1n) is 14.2. The highest BCUT2D eigenvalue weighted by molar-refractivity contribution is 8.00. The molecular formula is C31H34ClN7O2S. The number of anilines is 4. The highest BCUT2D eigenvalue weighted by Gasteiger charge is 2.33. The van der Waals surface area contributed by atoms with E-state index in [0.717, 1.165) is 34.7 Å². The number of fused-ring (bicyclic) bond motifs is 1. The minimum Gasteiger partial charge on any atom is -0.497 e. The lowest BCUT2D eigenvalue weighted by atomic mass is 10.0. The second kappa shape index (κ2) is 13.2. The lowest BCUT2D eigenvalue weighted by molar-refractivity contribution is -0.119. The number of methoxy groups -OCH3 is 1. The van der Waals surface area contributed by atoms with Crippen LogP contribution in [0.4, 0.5) is 23.0 Å². The van der Waals surface area contributed by atoms with Crippen LogP contribution in [0.25, 0.3) is 11.0 Å². The molecule has 2 fully saturated rings. The Morgan fingerprint density at radius 1 is 0.976 bits per heavy atom. The van der Waals surface area contributed by atoms with Crippen LogP contribution in [0.1, 0.15) is 19.3 Å². The Balaban J connectivity index is 1.10. The third-order valence-corrected chi connectivity index (χ3v) is 8.71. The zero-order chi connectivity index (χ0) is 28.9. The maximum Gasteiger partial charge on any atom is 0.238 e. The molecule has 1 aromatic heterocycles. The van der Waals surface area contributed by atoms with E-state index in [1.807, 2.05) is 54.6 Å². The van der Waals surface area contributed by atoms with Gasteiger partial charge in [0.2, 0.25) is 5.91 Å². The smallest absolute Gasteiger partial charge is 0.238 e. The number of carbonyl (C=O) groups is 1. The second-order valence-corrected chi connectivity index (χ2v) is 11.9. The molecule has 3 N–H and O–H groups in total. The van der Waals surface area contributed by atoms with Gasteiger partial charge in [-0.25, -0.2) is 9.97 Å². The molecule has 0 aliphatic carbocycles. The van der Waals surface area contributed by atoms with E-state index in [2.05, 4.69) is 25.2 Å². The van der Waals surface area contributed by atoms with E-state index < -0.39 is 0 Å². The van der Waals surface area contributed by atoms with Crippen molar-refractivity contribution in [2.45, 2.75) is 30.2 Å². The Morgan fingerprint density at radius 2 is 1.74 bits per heavy atom. The van der Waals surface area contributed by atoms with Crippen molar-refractivity contribution in [1.82, 2.24) is 19.8 Å². The van der Waals surface area contributed by atoms with Gasteiger partial charge >= 0.3 is 0 Å². The molecule has 0 saturated carbocycles. The molecule has 3 heterocycles. The summed E-state index contributed by atoms with van der Waals surface area (Å²) >= 11 is 7.85. The monoisotopic (exact) mass is 603 g/mol. The molecule has 11 heteroatoms. The molecule has 0 bridgehead atoms. The fraction of sp³-hybridized carbons (Fsp3) is 0.323. The molecule has 0 spiro atoms. The van der Waals surface area contributed by atoms with E-state index in [-0.39, 0.29) is 5.91 Å². The largest absolute Gasteiger partial charge is 0.497 e. The summed E-state index contributed by atoms with van der Waals surface area (Å²) < 4.78 is 8.70. The molecule has 218 valence electrons. The van der Waals surface area contributed by atoms with Crippen LogP contribution in [0.3, 0.4) is 0 Å². The summed E-state index contributed by atoms with van der Waals surface area (Å²) in [4.78, 5) is 28.1. The van der Waals surface area contributed by atoms with E-state index in [1.165, 1.54) is 44.3 Å². The Morgan fingerprint density at radius 3 is 2.50 bits per heavy atom. The van der Waals surface area contributed by atoms with E-state index in [4.69, 9.17) is 26.3 Å². The lowest BCUT2D eigenvalue weighted by Crippen LogP contribution is -2.61. The third kappa shape index (κ3) is 6.90. The third-order valence-electron chi connectivity index (χ3n) is 7.59. The quantitative estimate of drug-likeness (QED) is 0.181. The first-order valence-corrected chi connectivity index (χ1v) is 15.4. The van der Waals surface area contributed by atoms with Crippen LogP contribution in [0.5, 0.6) is 5.75 Å². The van der Waals surface area contributed by atoms with Crippen molar-refractivity contribution in [3.63, 3.8) is 0 Å². The number of benzene rings is 3. The van der Waals surface area contributed by atoms with Gasteiger partial charge in [-0.3, -0.25) is 14.6 Å². The number of amides is 1. The van der Waals surface area contributed by atoms with Crippen LogP contribution in [0.15, 0.2) is 71.6 Å². The summed E-state index contributed by atoms with van der Waals surface area (Å²) in [7, 11) is 1.61. The van der Waals surface area contributed by atoms with Gasteiger partial charge in [0.1, 0.15) is 5.75 Å². The maximum absolute atomic E-state index is 12.8.